The number of aliphatic hydroxyl groups is 1. The fourth-order valence-corrected chi connectivity index (χ4v) is 3.46. The lowest BCUT2D eigenvalue weighted by atomic mass is 9.83. The molecule has 2 aromatic carbocycles. The van der Waals surface area contributed by atoms with Crippen LogP contribution in [0.3, 0.4) is 0 Å². The third-order valence-corrected chi connectivity index (χ3v) is 4.68. The molecule has 0 spiro atoms. The second kappa shape index (κ2) is 6.77. The first-order chi connectivity index (χ1) is 13.1. The van der Waals surface area contributed by atoms with Gasteiger partial charge in [-0.3, -0.25) is 5.41 Å². The van der Waals surface area contributed by atoms with Gasteiger partial charge in [-0.1, -0.05) is 24.3 Å². The standard InChI is InChI=1S/C20H19N3O4/c1-26-15-5-3-2-4-13(15)17-14-7-6-12(25)10-16(14)27-20-18(17)19(21)23(8-9-24)11-22-20/h2-7,10-11,17,21,24-25H,8-9H2,1H3. The Morgan fingerprint density at radius 3 is 2.81 bits per heavy atom. The SMILES string of the molecule is COc1ccccc1C1c2ccc(O)cc2Oc2ncn(CCO)c(=N)c21. The average Bonchev–Trinajstić information content (AvgIpc) is 2.68. The monoisotopic (exact) mass is 365 g/mol. The summed E-state index contributed by atoms with van der Waals surface area (Å²) in [5, 5.41) is 27.8. The van der Waals surface area contributed by atoms with E-state index in [9.17, 15) is 10.2 Å². The molecular weight excluding hydrogens is 346 g/mol. The number of phenolic OH excluding ortho intramolecular Hbond substituents is 1. The largest absolute Gasteiger partial charge is 0.508 e. The summed E-state index contributed by atoms with van der Waals surface area (Å²) in [6.07, 6.45) is 1.48. The number of aromatic hydroxyl groups is 1. The van der Waals surface area contributed by atoms with E-state index in [-0.39, 0.29) is 30.3 Å². The molecule has 7 heteroatoms. The molecule has 1 aliphatic heterocycles. The van der Waals surface area contributed by atoms with Crippen LogP contribution in [0.25, 0.3) is 0 Å². The first-order valence-corrected chi connectivity index (χ1v) is 8.52. The molecule has 3 aromatic rings. The van der Waals surface area contributed by atoms with Gasteiger partial charge in [0.05, 0.1) is 25.2 Å². The van der Waals surface area contributed by atoms with Gasteiger partial charge in [0.1, 0.15) is 29.1 Å². The molecule has 1 unspecified atom stereocenters. The van der Waals surface area contributed by atoms with E-state index in [1.54, 1.807) is 29.9 Å². The highest BCUT2D eigenvalue weighted by Gasteiger charge is 2.33. The summed E-state index contributed by atoms with van der Waals surface area (Å²) in [5.41, 5.74) is 2.48. The minimum Gasteiger partial charge on any atom is -0.508 e. The molecule has 0 fully saturated rings. The molecule has 0 aliphatic carbocycles. The molecule has 27 heavy (non-hydrogen) atoms. The predicted octanol–water partition coefficient (Wildman–Crippen LogP) is 2.35. The summed E-state index contributed by atoms with van der Waals surface area (Å²) >= 11 is 0. The Morgan fingerprint density at radius 2 is 2.04 bits per heavy atom. The van der Waals surface area contributed by atoms with Gasteiger partial charge in [-0.15, -0.1) is 0 Å². The van der Waals surface area contributed by atoms with Crippen molar-refractivity contribution in [1.82, 2.24) is 9.55 Å². The topological polar surface area (TPSA) is 101 Å². The molecule has 0 radical (unpaired) electrons. The average molecular weight is 365 g/mol. The lowest BCUT2D eigenvalue weighted by molar-refractivity contribution is 0.271. The summed E-state index contributed by atoms with van der Waals surface area (Å²) < 4.78 is 13.0. The summed E-state index contributed by atoms with van der Waals surface area (Å²) in [6, 6.07) is 12.5. The van der Waals surface area contributed by atoms with Gasteiger partial charge in [0, 0.05) is 23.7 Å². The van der Waals surface area contributed by atoms with Crippen molar-refractivity contribution in [3.63, 3.8) is 0 Å². The number of hydrogen-bond donors (Lipinski definition) is 3. The Morgan fingerprint density at radius 1 is 1.22 bits per heavy atom. The highest BCUT2D eigenvalue weighted by molar-refractivity contribution is 5.59. The van der Waals surface area contributed by atoms with Crippen LogP contribution in [0.4, 0.5) is 0 Å². The Balaban J connectivity index is 2.02. The Bertz CT molecular complexity index is 1060. The van der Waals surface area contributed by atoms with Crippen molar-refractivity contribution in [1.29, 1.82) is 5.41 Å². The Hall–Kier alpha value is -3.32. The molecule has 0 bridgehead atoms. The highest BCUT2D eigenvalue weighted by Crippen LogP contribution is 2.47. The van der Waals surface area contributed by atoms with Crippen LogP contribution in [0.15, 0.2) is 48.8 Å². The van der Waals surface area contributed by atoms with Crippen LogP contribution in [0.2, 0.25) is 0 Å². The molecule has 7 nitrogen and oxygen atoms in total. The highest BCUT2D eigenvalue weighted by atomic mass is 16.5. The third kappa shape index (κ3) is 2.82. The van der Waals surface area contributed by atoms with Gasteiger partial charge >= 0.3 is 0 Å². The van der Waals surface area contributed by atoms with E-state index in [1.807, 2.05) is 24.3 Å². The van der Waals surface area contributed by atoms with E-state index >= 15 is 0 Å². The number of benzene rings is 2. The molecule has 0 saturated heterocycles. The molecule has 138 valence electrons. The van der Waals surface area contributed by atoms with Gasteiger partial charge in [-0.2, -0.15) is 0 Å². The number of nitrogens with one attached hydrogen (secondary N) is 1. The fraction of sp³-hybridized carbons (Fsp3) is 0.200. The molecule has 0 saturated carbocycles. The normalized spacial score (nSPS) is 14.8. The second-order valence-electron chi connectivity index (χ2n) is 6.23. The van der Waals surface area contributed by atoms with E-state index in [0.29, 0.717) is 22.9 Å². The molecule has 3 N–H and O–H groups in total. The van der Waals surface area contributed by atoms with Crippen molar-refractivity contribution in [2.75, 3.05) is 13.7 Å². The van der Waals surface area contributed by atoms with Gasteiger partial charge in [-0.25, -0.2) is 4.98 Å². The third-order valence-electron chi connectivity index (χ3n) is 4.68. The van der Waals surface area contributed by atoms with Crippen molar-refractivity contribution in [3.8, 4) is 23.1 Å². The van der Waals surface area contributed by atoms with Crippen LogP contribution >= 0.6 is 0 Å². The lowest BCUT2D eigenvalue weighted by Crippen LogP contribution is -2.30. The number of phenols is 1. The zero-order chi connectivity index (χ0) is 19.0. The van der Waals surface area contributed by atoms with Crippen LogP contribution in [0.1, 0.15) is 22.6 Å². The number of para-hydroxylation sites is 1. The Kier molecular flexibility index (Phi) is 4.29. The smallest absolute Gasteiger partial charge is 0.228 e. The van der Waals surface area contributed by atoms with Crippen molar-refractivity contribution in [3.05, 3.63) is 71.0 Å². The van der Waals surface area contributed by atoms with E-state index in [1.165, 1.54) is 6.33 Å². The first kappa shape index (κ1) is 17.1. The van der Waals surface area contributed by atoms with Gasteiger partial charge in [0.15, 0.2) is 0 Å². The number of aliphatic hydroxyl groups excluding tert-OH is 1. The number of ether oxygens (including phenoxy) is 2. The molecule has 2 heterocycles. The molecule has 1 atom stereocenters. The maximum absolute atomic E-state index is 9.87. The van der Waals surface area contributed by atoms with E-state index in [4.69, 9.17) is 14.9 Å². The fourth-order valence-electron chi connectivity index (χ4n) is 3.46. The lowest BCUT2D eigenvalue weighted by Gasteiger charge is -2.29. The van der Waals surface area contributed by atoms with Crippen molar-refractivity contribution >= 4 is 0 Å². The van der Waals surface area contributed by atoms with E-state index in [0.717, 1.165) is 11.1 Å². The number of fused-ring (bicyclic) bond motifs is 2. The van der Waals surface area contributed by atoms with Crippen LogP contribution in [-0.2, 0) is 6.54 Å². The summed E-state index contributed by atoms with van der Waals surface area (Å²) in [6.45, 7) is 0.168. The first-order valence-electron chi connectivity index (χ1n) is 8.52. The molecule has 1 aromatic heterocycles. The zero-order valence-electron chi connectivity index (χ0n) is 14.7. The van der Waals surface area contributed by atoms with Gasteiger partial charge in [0.25, 0.3) is 0 Å². The summed E-state index contributed by atoms with van der Waals surface area (Å²) in [4.78, 5) is 4.35. The van der Waals surface area contributed by atoms with Gasteiger partial charge in [-0.05, 0) is 12.1 Å². The number of methoxy groups -OCH3 is 1. The van der Waals surface area contributed by atoms with Crippen LogP contribution in [0, 0.1) is 5.41 Å². The maximum atomic E-state index is 9.87. The summed E-state index contributed by atoms with van der Waals surface area (Å²) in [5.74, 6) is 1.22. The quantitative estimate of drug-likeness (QED) is 0.515. The van der Waals surface area contributed by atoms with E-state index < -0.39 is 0 Å². The molecule has 0 amide bonds. The van der Waals surface area contributed by atoms with Gasteiger partial charge < -0.3 is 24.3 Å². The Labute approximate surface area is 155 Å². The maximum Gasteiger partial charge on any atom is 0.228 e. The molecule has 4 rings (SSSR count). The predicted molar refractivity (Wildman–Crippen MR) is 97.3 cm³/mol. The minimum absolute atomic E-state index is 0.0911. The van der Waals surface area contributed by atoms with Crippen LogP contribution < -0.4 is 15.0 Å². The molecular formula is C20H19N3O4. The van der Waals surface area contributed by atoms with Crippen molar-refractivity contribution in [2.45, 2.75) is 12.5 Å². The molecule has 1 aliphatic rings. The van der Waals surface area contributed by atoms with Crippen molar-refractivity contribution in [2.24, 2.45) is 0 Å². The summed E-state index contributed by atoms with van der Waals surface area (Å²) in [7, 11) is 1.60. The number of nitrogens with zero attached hydrogens (tertiary/aromatic N) is 2. The van der Waals surface area contributed by atoms with Crippen LogP contribution in [0.5, 0.6) is 23.1 Å². The van der Waals surface area contributed by atoms with Crippen molar-refractivity contribution < 1.29 is 19.7 Å². The van der Waals surface area contributed by atoms with Crippen LogP contribution in [-0.4, -0.2) is 33.5 Å². The number of aromatic nitrogens is 2. The van der Waals surface area contributed by atoms with E-state index in [2.05, 4.69) is 4.98 Å². The minimum atomic E-state index is -0.355. The number of rotatable bonds is 4. The zero-order valence-corrected chi connectivity index (χ0v) is 14.7. The number of hydrogen-bond acceptors (Lipinski definition) is 6. The van der Waals surface area contributed by atoms with Gasteiger partial charge in [0.2, 0.25) is 5.88 Å². The second-order valence-corrected chi connectivity index (χ2v) is 6.23.